The molecule has 0 saturated heterocycles. The van der Waals surface area contributed by atoms with Crippen LogP contribution in [0.5, 0.6) is 5.75 Å². The SMILES string of the molecule is C#C[C@H](COc1cccc(C(F)(F)F)c1)OC(=O)CCC. The van der Waals surface area contributed by atoms with Gasteiger partial charge in [-0.1, -0.05) is 18.9 Å². The zero-order valence-corrected chi connectivity index (χ0v) is 11.4. The Balaban J connectivity index is 2.61. The normalized spacial score (nSPS) is 12.3. The highest BCUT2D eigenvalue weighted by Crippen LogP contribution is 2.31. The van der Waals surface area contributed by atoms with Crippen molar-refractivity contribution in [1.29, 1.82) is 0 Å². The summed E-state index contributed by atoms with van der Waals surface area (Å²) in [6.07, 6.45) is 0.655. The fourth-order valence-electron chi connectivity index (χ4n) is 1.47. The molecule has 3 nitrogen and oxygen atoms in total. The zero-order valence-electron chi connectivity index (χ0n) is 11.4. The van der Waals surface area contributed by atoms with E-state index in [0.717, 1.165) is 12.1 Å². The Morgan fingerprint density at radius 2 is 2.14 bits per heavy atom. The number of alkyl halides is 3. The maximum absolute atomic E-state index is 12.5. The highest BCUT2D eigenvalue weighted by molar-refractivity contribution is 5.69. The summed E-state index contributed by atoms with van der Waals surface area (Å²) in [5.41, 5.74) is -0.819. The van der Waals surface area contributed by atoms with E-state index in [4.69, 9.17) is 15.9 Å². The lowest BCUT2D eigenvalue weighted by atomic mass is 10.2. The highest BCUT2D eigenvalue weighted by atomic mass is 19.4. The van der Waals surface area contributed by atoms with Crippen LogP contribution in [0.3, 0.4) is 0 Å². The zero-order chi connectivity index (χ0) is 15.9. The first-order valence-corrected chi connectivity index (χ1v) is 6.32. The van der Waals surface area contributed by atoms with Gasteiger partial charge in [0.1, 0.15) is 12.4 Å². The molecule has 0 amide bonds. The predicted molar refractivity (Wildman–Crippen MR) is 70.6 cm³/mol. The van der Waals surface area contributed by atoms with Gasteiger partial charge < -0.3 is 9.47 Å². The van der Waals surface area contributed by atoms with Crippen LogP contribution in [-0.2, 0) is 15.7 Å². The molecule has 0 N–H and O–H groups in total. The van der Waals surface area contributed by atoms with Gasteiger partial charge in [0.2, 0.25) is 0 Å². The third kappa shape index (κ3) is 5.78. The molecule has 0 aromatic heterocycles. The van der Waals surface area contributed by atoms with Crippen molar-refractivity contribution in [3.05, 3.63) is 29.8 Å². The van der Waals surface area contributed by atoms with E-state index in [0.29, 0.717) is 6.42 Å². The highest BCUT2D eigenvalue weighted by Gasteiger charge is 2.30. The molecule has 0 heterocycles. The van der Waals surface area contributed by atoms with Gasteiger partial charge in [0, 0.05) is 6.42 Å². The van der Waals surface area contributed by atoms with E-state index in [1.807, 2.05) is 6.92 Å². The average molecular weight is 300 g/mol. The third-order valence-corrected chi connectivity index (χ3v) is 2.48. The second-order valence-corrected chi connectivity index (χ2v) is 4.23. The van der Waals surface area contributed by atoms with E-state index >= 15 is 0 Å². The van der Waals surface area contributed by atoms with Crippen molar-refractivity contribution in [2.24, 2.45) is 0 Å². The number of hydrogen-bond donors (Lipinski definition) is 0. The van der Waals surface area contributed by atoms with Crippen LogP contribution in [0.4, 0.5) is 13.2 Å². The first-order valence-electron chi connectivity index (χ1n) is 6.32. The number of carbonyl (C=O) groups excluding carboxylic acids is 1. The van der Waals surface area contributed by atoms with Gasteiger partial charge in [0.05, 0.1) is 5.56 Å². The molecule has 21 heavy (non-hydrogen) atoms. The summed E-state index contributed by atoms with van der Waals surface area (Å²) in [5, 5.41) is 0. The molecular weight excluding hydrogens is 285 g/mol. The van der Waals surface area contributed by atoms with Crippen LogP contribution < -0.4 is 4.74 Å². The number of carbonyl (C=O) groups is 1. The maximum Gasteiger partial charge on any atom is 0.416 e. The molecule has 0 radical (unpaired) electrons. The molecule has 0 fully saturated rings. The standard InChI is InChI=1S/C15H15F3O3/c1-3-6-14(19)21-12(4-2)10-20-13-8-5-7-11(9-13)15(16,17)18/h2,5,7-9,12H,3,6,10H2,1H3/t12-/m1/s1. The van der Waals surface area contributed by atoms with E-state index in [9.17, 15) is 18.0 Å². The molecule has 0 aliphatic rings. The molecule has 0 bridgehead atoms. The summed E-state index contributed by atoms with van der Waals surface area (Å²) in [5.74, 6) is 1.76. The smallest absolute Gasteiger partial charge is 0.416 e. The van der Waals surface area contributed by atoms with Crippen molar-refractivity contribution in [1.82, 2.24) is 0 Å². The lowest BCUT2D eigenvalue weighted by molar-refractivity contribution is -0.147. The molecule has 1 aromatic carbocycles. The largest absolute Gasteiger partial charge is 0.489 e. The van der Waals surface area contributed by atoms with Gasteiger partial charge in [-0.25, -0.2) is 0 Å². The second kappa shape index (κ2) is 7.58. The summed E-state index contributed by atoms with van der Waals surface area (Å²) in [7, 11) is 0. The van der Waals surface area contributed by atoms with Crippen molar-refractivity contribution in [2.45, 2.75) is 32.0 Å². The van der Waals surface area contributed by atoms with Crippen LogP contribution in [0, 0.1) is 12.3 Å². The van der Waals surface area contributed by atoms with Crippen LogP contribution in [0.1, 0.15) is 25.3 Å². The minimum Gasteiger partial charge on any atom is -0.489 e. The topological polar surface area (TPSA) is 35.5 Å². The fraction of sp³-hybridized carbons (Fsp3) is 0.400. The van der Waals surface area contributed by atoms with Crippen LogP contribution >= 0.6 is 0 Å². The van der Waals surface area contributed by atoms with Crippen molar-refractivity contribution in [2.75, 3.05) is 6.61 Å². The number of ether oxygens (including phenoxy) is 2. The van der Waals surface area contributed by atoms with Gasteiger partial charge in [0.15, 0.2) is 6.10 Å². The maximum atomic E-state index is 12.5. The van der Waals surface area contributed by atoms with E-state index in [1.54, 1.807) is 0 Å². The van der Waals surface area contributed by atoms with Gasteiger partial charge in [-0.15, -0.1) is 6.42 Å². The first kappa shape index (κ1) is 16.9. The molecule has 1 aromatic rings. The monoisotopic (exact) mass is 300 g/mol. The molecular formula is C15H15F3O3. The number of hydrogen-bond acceptors (Lipinski definition) is 3. The van der Waals surface area contributed by atoms with Crippen LogP contribution in [0.25, 0.3) is 0 Å². The Morgan fingerprint density at radius 1 is 1.43 bits per heavy atom. The second-order valence-electron chi connectivity index (χ2n) is 4.23. The Bertz CT molecular complexity index is 518. The van der Waals surface area contributed by atoms with E-state index < -0.39 is 23.8 Å². The number of terminal acetylenes is 1. The van der Waals surface area contributed by atoms with Crippen LogP contribution in [-0.4, -0.2) is 18.7 Å². The fourth-order valence-corrected chi connectivity index (χ4v) is 1.47. The van der Waals surface area contributed by atoms with Gasteiger partial charge >= 0.3 is 12.1 Å². The van der Waals surface area contributed by atoms with E-state index in [2.05, 4.69) is 5.92 Å². The molecule has 1 atom stereocenters. The first-order chi connectivity index (χ1) is 9.86. The molecule has 0 saturated carbocycles. The Morgan fingerprint density at radius 3 is 2.71 bits per heavy atom. The van der Waals surface area contributed by atoms with Gasteiger partial charge in [0.25, 0.3) is 0 Å². The minimum absolute atomic E-state index is 0.0108. The minimum atomic E-state index is -4.45. The summed E-state index contributed by atoms with van der Waals surface area (Å²) in [6, 6.07) is 4.40. The summed E-state index contributed by atoms with van der Waals surface area (Å²) in [6.45, 7) is 1.61. The lowest BCUT2D eigenvalue weighted by Gasteiger charge is -2.14. The Kier molecular flexibility index (Phi) is 6.10. The summed E-state index contributed by atoms with van der Waals surface area (Å²) in [4.78, 5) is 11.3. The molecule has 0 unspecified atom stereocenters. The Hall–Kier alpha value is -2.16. The molecule has 0 aliphatic heterocycles. The molecule has 1 rings (SSSR count). The van der Waals surface area contributed by atoms with Crippen molar-refractivity contribution in [3.8, 4) is 18.1 Å². The summed E-state index contributed by atoms with van der Waals surface area (Å²) >= 11 is 0. The number of benzene rings is 1. The van der Waals surface area contributed by atoms with Crippen molar-refractivity contribution in [3.63, 3.8) is 0 Å². The van der Waals surface area contributed by atoms with Gasteiger partial charge in [-0.2, -0.15) is 13.2 Å². The predicted octanol–water partition coefficient (Wildman–Crippen LogP) is 3.43. The quantitative estimate of drug-likeness (QED) is 0.596. The summed E-state index contributed by atoms with van der Waals surface area (Å²) < 4.78 is 47.7. The van der Waals surface area contributed by atoms with Crippen molar-refractivity contribution >= 4 is 5.97 Å². The van der Waals surface area contributed by atoms with E-state index in [-0.39, 0.29) is 18.8 Å². The van der Waals surface area contributed by atoms with Crippen LogP contribution in [0.15, 0.2) is 24.3 Å². The van der Waals surface area contributed by atoms with Crippen LogP contribution in [0.2, 0.25) is 0 Å². The molecule has 114 valence electrons. The van der Waals surface area contributed by atoms with E-state index in [1.165, 1.54) is 12.1 Å². The van der Waals surface area contributed by atoms with Gasteiger partial charge in [-0.05, 0) is 24.6 Å². The van der Waals surface area contributed by atoms with Crippen molar-refractivity contribution < 1.29 is 27.4 Å². The third-order valence-electron chi connectivity index (χ3n) is 2.48. The Labute approximate surface area is 121 Å². The lowest BCUT2D eigenvalue weighted by Crippen LogP contribution is -2.23. The average Bonchev–Trinajstić information content (AvgIpc) is 2.43. The molecule has 0 aliphatic carbocycles. The molecule has 6 heteroatoms. The number of rotatable bonds is 6. The van der Waals surface area contributed by atoms with Gasteiger partial charge in [-0.3, -0.25) is 4.79 Å². The molecule has 0 spiro atoms. The number of esters is 1. The number of halogens is 3.